The van der Waals surface area contributed by atoms with Crippen molar-refractivity contribution in [1.29, 1.82) is 0 Å². The Balaban J connectivity index is 2.23. The summed E-state index contributed by atoms with van der Waals surface area (Å²) in [5.74, 6) is -2.32. The monoisotopic (exact) mass is 473 g/mol. The number of benzene rings is 1. The minimum absolute atomic E-state index is 0.123. The van der Waals surface area contributed by atoms with Crippen molar-refractivity contribution in [1.82, 2.24) is 26.3 Å². The molecule has 1 saturated heterocycles. The third kappa shape index (κ3) is 8.46. The number of amides is 4. The van der Waals surface area contributed by atoms with Gasteiger partial charge in [0.25, 0.3) is 0 Å². The fourth-order valence-electron chi connectivity index (χ4n) is 4.01. The number of nitrogens with one attached hydrogen (secondary N) is 3. The zero-order valence-corrected chi connectivity index (χ0v) is 20.7. The average molecular weight is 474 g/mol. The molecule has 0 bridgehead atoms. The molecular weight excluding hydrogens is 434 g/mol. The molecule has 0 saturated carbocycles. The highest BCUT2D eigenvalue weighted by molar-refractivity contribution is 5.88. The van der Waals surface area contributed by atoms with Gasteiger partial charge < -0.3 is 0 Å². The summed E-state index contributed by atoms with van der Waals surface area (Å²) in [5, 5.41) is 12.2. The van der Waals surface area contributed by atoms with Gasteiger partial charge in [0.05, 0.1) is 11.8 Å². The largest absolute Gasteiger partial charge is 0.353 e. The fourth-order valence-corrected chi connectivity index (χ4v) is 4.01. The van der Waals surface area contributed by atoms with E-state index in [4.69, 9.17) is 0 Å². The van der Waals surface area contributed by atoms with Gasteiger partial charge in [0.2, 0.25) is 11.8 Å². The van der Waals surface area contributed by atoms with E-state index >= 15 is 0 Å². The lowest BCUT2D eigenvalue weighted by Crippen LogP contribution is -2.57. The minimum Gasteiger partial charge on any atom is -0.289 e. The van der Waals surface area contributed by atoms with Crippen LogP contribution in [0.4, 0.5) is 4.79 Å². The van der Waals surface area contributed by atoms with Crippen LogP contribution < -0.4 is 16.3 Å². The number of hydrogen-bond acceptors (Lipinski definition) is 5. The second-order valence-electron chi connectivity index (χ2n) is 9.54. The van der Waals surface area contributed by atoms with Crippen LogP contribution in [0.25, 0.3) is 6.08 Å². The van der Waals surface area contributed by atoms with Crippen molar-refractivity contribution in [2.45, 2.75) is 47.0 Å². The number of carbonyl (C=O) groups is 3. The second kappa shape index (κ2) is 13.7. The first-order chi connectivity index (χ1) is 16.2. The van der Waals surface area contributed by atoms with Gasteiger partial charge in [-0.3, -0.25) is 25.2 Å². The predicted molar refractivity (Wildman–Crippen MR) is 131 cm³/mol. The van der Waals surface area contributed by atoms with Crippen molar-refractivity contribution in [3.8, 4) is 0 Å². The lowest BCUT2D eigenvalue weighted by Gasteiger charge is -2.32. The molecule has 0 radical (unpaired) electrons. The summed E-state index contributed by atoms with van der Waals surface area (Å²) in [6.45, 7) is 9.48. The van der Waals surface area contributed by atoms with Gasteiger partial charge in [-0.15, -0.1) is 0 Å². The number of hydroxylamine groups is 1. The summed E-state index contributed by atoms with van der Waals surface area (Å²) >= 11 is 0. The van der Waals surface area contributed by atoms with Gasteiger partial charge in [0, 0.05) is 19.6 Å². The Morgan fingerprint density at radius 1 is 1.09 bits per heavy atom. The highest BCUT2D eigenvalue weighted by Gasteiger charge is 2.35. The SMILES string of the molecule is CC(C)C[C@@H](C(=O)NN(CC(C)C)C(=O)N1CCCN1)[C@H](C/C=C/c1ccccc1)C(=O)NO. The molecule has 1 aromatic carbocycles. The summed E-state index contributed by atoms with van der Waals surface area (Å²) < 4.78 is 0. The smallest absolute Gasteiger partial charge is 0.289 e. The summed E-state index contributed by atoms with van der Waals surface area (Å²) in [6.07, 6.45) is 5.25. The number of allylic oxidation sites excluding steroid dienone is 1. The van der Waals surface area contributed by atoms with Crippen LogP contribution in [-0.2, 0) is 9.59 Å². The maximum absolute atomic E-state index is 13.5. The van der Waals surface area contributed by atoms with Crippen LogP contribution in [0.2, 0.25) is 0 Å². The van der Waals surface area contributed by atoms with Crippen LogP contribution in [-0.4, -0.2) is 52.7 Å². The van der Waals surface area contributed by atoms with Crippen molar-refractivity contribution in [3.63, 3.8) is 0 Å². The Labute approximate surface area is 202 Å². The Morgan fingerprint density at radius 2 is 1.79 bits per heavy atom. The van der Waals surface area contributed by atoms with Crippen molar-refractivity contribution in [3.05, 3.63) is 42.0 Å². The van der Waals surface area contributed by atoms with Gasteiger partial charge in [-0.05, 0) is 36.7 Å². The van der Waals surface area contributed by atoms with Gasteiger partial charge in [-0.2, -0.15) is 0 Å². The van der Waals surface area contributed by atoms with Crippen molar-refractivity contribution >= 4 is 23.9 Å². The van der Waals surface area contributed by atoms with E-state index in [0.717, 1.165) is 12.0 Å². The lowest BCUT2D eigenvalue weighted by atomic mass is 9.82. The predicted octanol–water partition coefficient (Wildman–Crippen LogP) is 3.19. The molecule has 1 aliphatic heterocycles. The van der Waals surface area contributed by atoms with Crippen molar-refractivity contribution < 1.29 is 19.6 Å². The molecule has 1 heterocycles. The van der Waals surface area contributed by atoms with E-state index in [1.54, 1.807) is 5.48 Å². The van der Waals surface area contributed by atoms with E-state index in [1.807, 2.05) is 70.2 Å². The molecule has 188 valence electrons. The number of urea groups is 1. The van der Waals surface area contributed by atoms with Crippen LogP contribution in [0, 0.1) is 23.7 Å². The molecule has 9 heteroatoms. The first-order valence-electron chi connectivity index (χ1n) is 12.0. The molecular formula is C25H39N5O4. The number of hydrogen-bond donors (Lipinski definition) is 4. The molecule has 1 fully saturated rings. The molecule has 1 aliphatic rings. The van der Waals surface area contributed by atoms with Crippen LogP contribution >= 0.6 is 0 Å². The van der Waals surface area contributed by atoms with E-state index in [1.165, 1.54) is 10.0 Å². The topological polar surface area (TPSA) is 114 Å². The summed E-state index contributed by atoms with van der Waals surface area (Å²) in [6, 6.07) is 9.32. The van der Waals surface area contributed by atoms with Gasteiger partial charge in [-0.1, -0.05) is 70.2 Å². The van der Waals surface area contributed by atoms with E-state index in [-0.39, 0.29) is 24.3 Å². The first-order valence-corrected chi connectivity index (χ1v) is 12.0. The standard InChI is InChI=1S/C25H39N5O4/c1-18(2)16-22(21(24(32)28-34)13-8-12-20-10-6-5-7-11-20)23(31)27-30(17-19(3)4)25(33)29-15-9-14-26-29/h5-8,10-12,18-19,21-22,26,34H,9,13-17H2,1-4H3,(H,27,31)(H,28,32)/b12-8+/t21-,22+/m0/s1. The number of carbonyl (C=O) groups excluding carboxylic acids is 3. The van der Waals surface area contributed by atoms with Crippen molar-refractivity contribution in [2.24, 2.45) is 23.7 Å². The molecule has 34 heavy (non-hydrogen) atoms. The third-order valence-corrected chi connectivity index (χ3v) is 5.61. The maximum Gasteiger partial charge on any atom is 0.353 e. The third-order valence-electron chi connectivity index (χ3n) is 5.61. The molecule has 0 aromatic heterocycles. The Kier molecular flexibility index (Phi) is 11.0. The molecule has 9 nitrogen and oxygen atoms in total. The zero-order valence-electron chi connectivity index (χ0n) is 20.7. The first kappa shape index (κ1) is 27.3. The Hall–Kier alpha value is -2.91. The molecule has 2 rings (SSSR count). The van der Waals surface area contributed by atoms with E-state index in [9.17, 15) is 19.6 Å². The normalized spacial score (nSPS) is 15.6. The van der Waals surface area contributed by atoms with Crippen LogP contribution in [0.3, 0.4) is 0 Å². The summed E-state index contributed by atoms with van der Waals surface area (Å²) in [4.78, 5) is 39.1. The number of nitrogens with zero attached hydrogens (tertiary/aromatic N) is 2. The second-order valence-corrected chi connectivity index (χ2v) is 9.54. The molecule has 1 aromatic rings. The van der Waals surface area contributed by atoms with Crippen LogP contribution in [0.15, 0.2) is 36.4 Å². The number of rotatable bonds is 10. The summed E-state index contributed by atoms with van der Waals surface area (Å²) in [5.41, 5.74) is 8.50. The van der Waals surface area contributed by atoms with E-state index in [0.29, 0.717) is 26.1 Å². The molecule has 0 unspecified atom stereocenters. The summed E-state index contributed by atoms with van der Waals surface area (Å²) in [7, 11) is 0. The van der Waals surface area contributed by atoms with Gasteiger partial charge >= 0.3 is 6.03 Å². The highest BCUT2D eigenvalue weighted by atomic mass is 16.5. The van der Waals surface area contributed by atoms with Gasteiger partial charge in [0.1, 0.15) is 0 Å². The lowest BCUT2D eigenvalue weighted by molar-refractivity contribution is -0.142. The van der Waals surface area contributed by atoms with E-state index < -0.39 is 23.7 Å². The quantitative estimate of drug-likeness (QED) is 0.308. The molecule has 4 amide bonds. The molecule has 0 spiro atoms. The Bertz CT molecular complexity index is 822. The highest BCUT2D eigenvalue weighted by Crippen LogP contribution is 2.26. The van der Waals surface area contributed by atoms with Gasteiger partial charge in [0.15, 0.2) is 0 Å². The maximum atomic E-state index is 13.5. The zero-order chi connectivity index (χ0) is 25.1. The Morgan fingerprint density at radius 3 is 2.35 bits per heavy atom. The molecule has 0 aliphatic carbocycles. The van der Waals surface area contributed by atoms with Crippen LogP contribution in [0.1, 0.15) is 52.5 Å². The molecule has 4 N–H and O–H groups in total. The minimum atomic E-state index is -0.798. The van der Waals surface area contributed by atoms with Crippen molar-refractivity contribution in [2.75, 3.05) is 19.6 Å². The average Bonchev–Trinajstić information content (AvgIpc) is 3.34. The van der Waals surface area contributed by atoms with E-state index in [2.05, 4.69) is 10.9 Å². The van der Waals surface area contributed by atoms with Gasteiger partial charge in [-0.25, -0.2) is 20.7 Å². The number of hydrazine groups is 2. The van der Waals surface area contributed by atoms with Crippen LogP contribution in [0.5, 0.6) is 0 Å². The molecule has 2 atom stereocenters. The fraction of sp³-hybridized carbons (Fsp3) is 0.560.